The van der Waals surface area contributed by atoms with Crippen LogP contribution in [0.25, 0.3) is 11.1 Å². The van der Waals surface area contributed by atoms with Gasteiger partial charge in [0.15, 0.2) is 0 Å². The number of hydrogen-bond donors (Lipinski definition) is 0. The van der Waals surface area contributed by atoms with Gasteiger partial charge in [0.05, 0.1) is 17.3 Å². The van der Waals surface area contributed by atoms with Crippen molar-refractivity contribution in [3.8, 4) is 17.2 Å². The molecule has 0 fully saturated rings. The average molecular weight is 398 g/mol. The van der Waals surface area contributed by atoms with Gasteiger partial charge in [0.25, 0.3) is 0 Å². The maximum Gasteiger partial charge on any atom is 0.419 e. The second-order valence-corrected chi connectivity index (χ2v) is 7.04. The van der Waals surface area contributed by atoms with Crippen molar-refractivity contribution < 1.29 is 23.4 Å². The molecule has 0 saturated carbocycles. The number of hydrogen-bond acceptors (Lipinski definition) is 5. The number of cyclic esters (lactones) is 1. The molecule has 29 heavy (non-hydrogen) atoms. The van der Waals surface area contributed by atoms with Crippen molar-refractivity contribution >= 4 is 11.8 Å². The molecule has 0 saturated heterocycles. The Bertz CT molecular complexity index is 962. The first-order valence-electron chi connectivity index (χ1n) is 9.41. The molecule has 152 valence electrons. The smallest absolute Gasteiger partial charge is 0.419 e. The third-order valence-electron chi connectivity index (χ3n) is 4.63. The normalized spacial score (nSPS) is 15.1. The summed E-state index contributed by atoms with van der Waals surface area (Å²) in [6.07, 6.45) is -1.49. The van der Waals surface area contributed by atoms with Crippen LogP contribution in [0, 0.1) is 17.1 Å². The van der Waals surface area contributed by atoms with Gasteiger partial charge in [-0.15, -0.1) is 0 Å². The van der Waals surface area contributed by atoms with Crippen LogP contribution >= 0.6 is 0 Å². The van der Waals surface area contributed by atoms with Crippen LogP contribution in [0.15, 0.2) is 36.4 Å². The predicted molar refractivity (Wildman–Crippen MR) is 106 cm³/mol. The predicted octanol–water partition coefficient (Wildman–Crippen LogP) is 4.91. The Hall–Kier alpha value is -2.95. The van der Waals surface area contributed by atoms with E-state index >= 15 is 0 Å². The summed E-state index contributed by atoms with van der Waals surface area (Å²) in [6, 6.07) is 11.5. The quantitative estimate of drug-likeness (QED) is 0.647. The number of amides is 1. The summed E-state index contributed by atoms with van der Waals surface area (Å²) in [5.41, 5.74) is 1.91. The van der Waals surface area contributed by atoms with E-state index in [9.17, 15) is 9.18 Å². The number of rotatable bonds is 6. The number of anilines is 1. The highest BCUT2D eigenvalue weighted by atomic mass is 19.1. The number of carbonyl (C=O) groups excluding carboxylic acids is 1. The zero-order valence-electron chi connectivity index (χ0n) is 16.9. The van der Waals surface area contributed by atoms with E-state index in [1.54, 1.807) is 32.0 Å². The van der Waals surface area contributed by atoms with Gasteiger partial charge >= 0.3 is 6.09 Å². The molecule has 0 aliphatic carbocycles. The Morgan fingerprint density at radius 2 is 1.83 bits per heavy atom. The molecule has 2 aromatic carbocycles. The van der Waals surface area contributed by atoms with Crippen molar-refractivity contribution in [2.75, 3.05) is 18.1 Å². The highest BCUT2D eigenvalue weighted by molar-refractivity contribution is 5.92. The molecule has 0 atom stereocenters. The zero-order chi connectivity index (χ0) is 21.2. The number of ether oxygens (including phenoxy) is 3. The molecule has 0 bridgehead atoms. The van der Waals surface area contributed by atoms with Crippen LogP contribution in [0.5, 0.6) is 0 Å². The van der Waals surface area contributed by atoms with Crippen LogP contribution in [-0.2, 0) is 19.8 Å². The molecule has 0 N–H and O–H groups in total. The van der Waals surface area contributed by atoms with E-state index in [-0.39, 0.29) is 5.56 Å². The van der Waals surface area contributed by atoms with Gasteiger partial charge in [0.1, 0.15) is 11.4 Å². The monoisotopic (exact) mass is 398 g/mol. The SMILES string of the molecule is CCOC(OCC)N1C(=O)OC(C)(C)c2cc(-c3cc(F)cc(C#N)c3)ccc21. The second kappa shape index (κ2) is 8.19. The minimum atomic E-state index is -0.919. The molecule has 2 aromatic rings. The van der Waals surface area contributed by atoms with E-state index in [0.29, 0.717) is 30.0 Å². The Balaban J connectivity index is 2.13. The van der Waals surface area contributed by atoms with Gasteiger partial charge in [-0.3, -0.25) is 0 Å². The van der Waals surface area contributed by atoms with Gasteiger partial charge in [-0.05, 0) is 69.2 Å². The van der Waals surface area contributed by atoms with E-state index in [1.165, 1.54) is 17.0 Å². The minimum Gasteiger partial charge on any atom is -0.438 e. The Morgan fingerprint density at radius 3 is 2.45 bits per heavy atom. The first-order chi connectivity index (χ1) is 13.8. The third-order valence-corrected chi connectivity index (χ3v) is 4.63. The molecule has 0 radical (unpaired) electrons. The summed E-state index contributed by atoms with van der Waals surface area (Å²) in [6.45, 7) is 7.90. The number of nitrogens with zero attached hydrogens (tertiary/aromatic N) is 2. The first-order valence-corrected chi connectivity index (χ1v) is 9.41. The Morgan fingerprint density at radius 1 is 1.14 bits per heavy atom. The zero-order valence-corrected chi connectivity index (χ0v) is 16.9. The van der Waals surface area contributed by atoms with Crippen molar-refractivity contribution in [3.05, 3.63) is 53.3 Å². The molecular formula is C22H23FN2O4. The van der Waals surface area contributed by atoms with E-state index in [4.69, 9.17) is 19.5 Å². The summed E-state index contributed by atoms with van der Waals surface area (Å²) in [7, 11) is 0. The minimum absolute atomic E-state index is 0.234. The van der Waals surface area contributed by atoms with Crippen molar-refractivity contribution in [3.63, 3.8) is 0 Å². The average Bonchev–Trinajstić information content (AvgIpc) is 2.67. The number of halogens is 1. The lowest BCUT2D eigenvalue weighted by Crippen LogP contribution is -2.50. The molecule has 0 aromatic heterocycles. The fourth-order valence-electron chi connectivity index (χ4n) is 3.33. The molecule has 7 heteroatoms. The number of fused-ring (bicyclic) bond motifs is 1. The fourth-order valence-corrected chi connectivity index (χ4v) is 3.33. The lowest BCUT2D eigenvalue weighted by molar-refractivity contribution is -0.137. The molecular weight excluding hydrogens is 375 g/mol. The highest BCUT2D eigenvalue weighted by Gasteiger charge is 2.42. The van der Waals surface area contributed by atoms with E-state index in [2.05, 4.69) is 0 Å². The number of benzene rings is 2. The van der Waals surface area contributed by atoms with Crippen LogP contribution < -0.4 is 4.90 Å². The van der Waals surface area contributed by atoms with Crippen molar-refractivity contribution in [1.29, 1.82) is 5.26 Å². The molecule has 1 amide bonds. The molecule has 0 unspecified atom stereocenters. The van der Waals surface area contributed by atoms with Crippen molar-refractivity contribution in [1.82, 2.24) is 0 Å². The summed E-state index contributed by atoms with van der Waals surface area (Å²) in [5, 5.41) is 9.13. The van der Waals surface area contributed by atoms with Crippen LogP contribution in [0.2, 0.25) is 0 Å². The lowest BCUT2D eigenvalue weighted by Gasteiger charge is -2.41. The Kier molecular flexibility index (Phi) is 5.87. The molecule has 1 aliphatic heterocycles. The lowest BCUT2D eigenvalue weighted by atomic mass is 9.90. The van der Waals surface area contributed by atoms with Crippen molar-refractivity contribution in [2.24, 2.45) is 0 Å². The summed E-state index contributed by atoms with van der Waals surface area (Å²) in [5.74, 6) is -0.489. The van der Waals surface area contributed by atoms with Gasteiger partial charge in [0, 0.05) is 18.8 Å². The summed E-state index contributed by atoms with van der Waals surface area (Å²) < 4.78 is 30.8. The van der Waals surface area contributed by atoms with Crippen LogP contribution in [-0.4, -0.2) is 25.7 Å². The third kappa shape index (κ3) is 4.09. The number of carbonyl (C=O) groups is 1. The maximum absolute atomic E-state index is 13.9. The van der Waals surface area contributed by atoms with Crippen LogP contribution in [0.3, 0.4) is 0 Å². The molecule has 1 heterocycles. The largest absolute Gasteiger partial charge is 0.438 e. The van der Waals surface area contributed by atoms with E-state index in [1.807, 2.05) is 26.0 Å². The fraction of sp³-hybridized carbons (Fsp3) is 0.364. The highest BCUT2D eigenvalue weighted by Crippen LogP contribution is 2.42. The molecule has 0 spiro atoms. The van der Waals surface area contributed by atoms with Gasteiger partial charge in [-0.1, -0.05) is 6.07 Å². The van der Waals surface area contributed by atoms with Crippen LogP contribution in [0.4, 0.5) is 14.9 Å². The Labute approximate surface area is 169 Å². The van der Waals surface area contributed by atoms with Gasteiger partial charge in [-0.2, -0.15) is 5.26 Å². The topological polar surface area (TPSA) is 71.8 Å². The second-order valence-electron chi connectivity index (χ2n) is 7.04. The van der Waals surface area contributed by atoms with Crippen molar-refractivity contribution in [2.45, 2.75) is 39.7 Å². The van der Waals surface area contributed by atoms with Gasteiger partial charge in [0.2, 0.25) is 6.41 Å². The van der Waals surface area contributed by atoms with Crippen LogP contribution in [0.1, 0.15) is 38.8 Å². The van der Waals surface area contributed by atoms with Gasteiger partial charge in [-0.25, -0.2) is 14.1 Å². The standard InChI is InChI=1S/C22H23FN2O4/c1-5-27-21(28-6-2)25-19-8-7-15(12-18(19)22(3,4)29-20(25)26)16-9-14(13-24)10-17(23)11-16/h7-12,21H,5-6H2,1-4H3. The molecule has 1 aliphatic rings. The first kappa shape index (κ1) is 20.8. The van der Waals surface area contributed by atoms with E-state index < -0.39 is 23.9 Å². The summed E-state index contributed by atoms with van der Waals surface area (Å²) in [4.78, 5) is 14.0. The van der Waals surface area contributed by atoms with E-state index in [0.717, 1.165) is 5.56 Å². The molecule has 3 rings (SSSR count). The van der Waals surface area contributed by atoms with Gasteiger partial charge < -0.3 is 14.2 Å². The summed E-state index contributed by atoms with van der Waals surface area (Å²) >= 11 is 0. The maximum atomic E-state index is 13.9. The number of nitriles is 1. The molecule has 6 nitrogen and oxygen atoms in total.